The summed E-state index contributed by atoms with van der Waals surface area (Å²) in [4.78, 5) is 20.1. The molecule has 0 saturated carbocycles. The highest BCUT2D eigenvalue weighted by Crippen LogP contribution is 2.35. The second-order valence-corrected chi connectivity index (χ2v) is 6.96. The van der Waals surface area contributed by atoms with Crippen LogP contribution in [0.1, 0.15) is 29.8 Å². The monoisotopic (exact) mass is 397 g/mol. The van der Waals surface area contributed by atoms with E-state index in [-0.39, 0.29) is 22.4 Å². The summed E-state index contributed by atoms with van der Waals surface area (Å²) >= 11 is 0.889. The molecule has 27 heavy (non-hydrogen) atoms. The fourth-order valence-electron chi connectivity index (χ4n) is 2.93. The second kappa shape index (κ2) is 8.16. The van der Waals surface area contributed by atoms with Gasteiger partial charge in [-0.25, -0.2) is 9.97 Å². The number of ether oxygens (including phenoxy) is 1. The summed E-state index contributed by atoms with van der Waals surface area (Å²) in [5.74, 6) is 0.0216. The standard InChI is InChI=1S/C18H18F3N3O2S/c1-26-14-9-5-4-8-13(14)22-15(25)10-27-17-23-12-7-3-2-6-11(12)16(24-17)18(19,20)21/h4-5,8-9H,2-3,6-7,10H2,1H3,(H,22,25). The van der Waals surface area contributed by atoms with Crippen LogP contribution in [0.2, 0.25) is 0 Å². The largest absolute Gasteiger partial charge is 0.495 e. The third-order valence-corrected chi connectivity index (χ3v) is 4.99. The fourth-order valence-corrected chi connectivity index (χ4v) is 3.60. The van der Waals surface area contributed by atoms with Crippen LogP contribution >= 0.6 is 11.8 Å². The number of carbonyl (C=O) groups excluding carboxylic acids is 1. The van der Waals surface area contributed by atoms with Crippen LogP contribution < -0.4 is 10.1 Å². The molecule has 0 saturated heterocycles. The van der Waals surface area contributed by atoms with E-state index in [1.54, 1.807) is 24.3 Å². The minimum Gasteiger partial charge on any atom is -0.495 e. The lowest BCUT2D eigenvalue weighted by Gasteiger charge is -2.20. The highest BCUT2D eigenvalue weighted by atomic mass is 32.2. The Kier molecular flexibility index (Phi) is 5.88. The van der Waals surface area contributed by atoms with E-state index in [1.807, 2.05) is 0 Å². The van der Waals surface area contributed by atoms with Gasteiger partial charge in [0.25, 0.3) is 0 Å². The van der Waals surface area contributed by atoms with Gasteiger partial charge < -0.3 is 10.1 Å². The molecule has 1 aromatic heterocycles. The highest BCUT2D eigenvalue weighted by Gasteiger charge is 2.38. The topological polar surface area (TPSA) is 64.1 Å². The molecule has 1 aromatic carbocycles. The minimum atomic E-state index is -4.53. The van der Waals surface area contributed by atoms with E-state index in [4.69, 9.17) is 4.74 Å². The van der Waals surface area contributed by atoms with Crippen molar-refractivity contribution in [2.75, 3.05) is 18.2 Å². The molecule has 9 heteroatoms. The number of halogens is 3. The van der Waals surface area contributed by atoms with Gasteiger partial charge in [0.15, 0.2) is 10.9 Å². The summed E-state index contributed by atoms with van der Waals surface area (Å²) in [6, 6.07) is 6.89. The van der Waals surface area contributed by atoms with Crippen molar-refractivity contribution in [2.24, 2.45) is 0 Å². The van der Waals surface area contributed by atoms with Gasteiger partial charge in [0.05, 0.1) is 18.6 Å². The van der Waals surface area contributed by atoms with E-state index in [1.165, 1.54) is 7.11 Å². The molecule has 144 valence electrons. The van der Waals surface area contributed by atoms with Gasteiger partial charge in [-0.3, -0.25) is 4.79 Å². The van der Waals surface area contributed by atoms with Gasteiger partial charge in [-0.05, 0) is 37.8 Å². The summed E-state index contributed by atoms with van der Waals surface area (Å²) in [7, 11) is 1.49. The zero-order valence-corrected chi connectivity index (χ0v) is 15.4. The number of methoxy groups -OCH3 is 1. The van der Waals surface area contributed by atoms with Crippen molar-refractivity contribution in [3.8, 4) is 5.75 Å². The Morgan fingerprint density at radius 2 is 1.96 bits per heavy atom. The third-order valence-electron chi connectivity index (χ3n) is 4.14. The molecule has 0 fully saturated rings. The first-order chi connectivity index (χ1) is 12.9. The number of nitrogens with zero attached hydrogens (tertiary/aromatic N) is 2. The van der Waals surface area contributed by atoms with E-state index in [0.717, 1.165) is 18.2 Å². The molecular weight excluding hydrogens is 379 g/mol. The predicted octanol–water partition coefficient (Wildman–Crippen LogP) is 4.11. The van der Waals surface area contributed by atoms with Gasteiger partial charge in [-0.1, -0.05) is 23.9 Å². The molecule has 2 aromatic rings. The Morgan fingerprint density at radius 3 is 2.70 bits per heavy atom. The molecule has 0 spiro atoms. The van der Waals surface area contributed by atoms with Gasteiger partial charge >= 0.3 is 6.18 Å². The van der Waals surface area contributed by atoms with E-state index in [2.05, 4.69) is 15.3 Å². The Balaban J connectivity index is 1.73. The average molecular weight is 397 g/mol. The molecule has 0 bridgehead atoms. The number of hydrogen-bond donors (Lipinski definition) is 1. The van der Waals surface area contributed by atoms with Gasteiger partial charge in [0.2, 0.25) is 5.91 Å². The Morgan fingerprint density at radius 1 is 1.22 bits per heavy atom. The van der Waals surface area contributed by atoms with Crippen molar-refractivity contribution in [1.82, 2.24) is 9.97 Å². The zero-order valence-electron chi connectivity index (χ0n) is 14.6. The number of rotatable bonds is 5. The molecule has 1 aliphatic rings. The smallest absolute Gasteiger partial charge is 0.433 e. The maximum atomic E-state index is 13.3. The number of alkyl halides is 3. The van der Waals surface area contributed by atoms with Gasteiger partial charge in [0, 0.05) is 11.3 Å². The van der Waals surface area contributed by atoms with E-state index in [0.29, 0.717) is 36.4 Å². The van der Waals surface area contributed by atoms with E-state index < -0.39 is 11.9 Å². The molecule has 0 atom stereocenters. The zero-order chi connectivity index (χ0) is 19.4. The normalized spacial score (nSPS) is 13.8. The van der Waals surface area contributed by atoms with Crippen molar-refractivity contribution in [3.05, 3.63) is 41.2 Å². The number of amides is 1. The summed E-state index contributed by atoms with van der Waals surface area (Å²) in [5, 5.41) is 2.65. The summed E-state index contributed by atoms with van der Waals surface area (Å²) in [6.45, 7) is 0. The Labute approximate surface area is 158 Å². The lowest BCUT2D eigenvalue weighted by molar-refractivity contribution is -0.142. The number of para-hydroxylation sites is 2. The number of carbonyl (C=O) groups is 1. The van der Waals surface area contributed by atoms with Crippen LogP contribution in [-0.4, -0.2) is 28.7 Å². The molecule has 1 aliphatic carbocycles. The molecule has 5 nitrogen and oxygen atoms in total. The molecule has 0 aliphatic heterocycles. The van der Waals surface area contributed by atoms with E-state index in [9.17, 15) is 18.0 Å². The van der Waals surface area contributed by atoms with Gasteiger partial charge in [-0.2, -0.15) is 13.2 Å². The highest BCUT2D eigenvalue weighted by molar-refractivity contribution is 7.99. The van der Waals surface area contributed by atoms with Crippen LogP contribution in [0.25, 0.3) is 0 Å². The van der Waals surface area contributed by atoms with E-state index >= 15 is 0 Å². The molecule has 0 radical (unpaired) electrons. The van der Waals surface area contributed by atoms with Crippen molar-refractivity contribution < 1.29 is 22.7 Å². The molecular formula is C18H18F3N3O2S. The fraction of sp³-hybridized carbons (Fsp3) is 0.389. The van der Waals surface area contributed by atoms with Crippen molar-refractivity contribution in [3.63, 3.8) is 0 Å². The number of benzene rings is 1. The molecule has 1 N–H and O–H groups in total. The Bertz CT molecular complexity index is 843. The minimum absolute atomic E-state index is 0.0295. The summed E-state index contributed by atoms with van der Waals surface area (Å²) < 4.78 is 45.2. The number of aryl methyl sites for hydroxylation is 1. The molecule has 3 rings (SSSR count). The van der Waals surface area contributed by atoms with Crippen LogP contribution in [0, 0.1) is 0 Å². The SMILES string of the molecule is COc1ccccc1NC(=O)CSc1nc2c(c(C(F)(F)F)n1)CCCC2. The van der Waals surface area contributed by atoms with Crippen molar-refractivity contribution in [2.45, 2.75) is 37.0 Å². The number of aromatic nitrogens is 2. The van der Waals surface area contributed by atoms with Gasteiger partial charge in [-0.15, -0.1) is 0 Å². The number of thioether (sulfide) groups is 1. The number of anilines is 1. The molecule has 1 heterocycles. The van der Waals surface area contributed by atoms with Crippen LogP contribution in [0.15, 0.2) is 29.4 Å². The number of fused-ring (bicyclic) bond motifs is 1. The lowest BCUT2D eigenvalue weighted by Crippen LogP contribution is -2.20. The van der Waals surface area contributed by atoms with Crippen LogP contribution in [0.4, 0.5) is 18.9 Å². The van der Waals surface area contributed by atoms with Crippen LogP contribution in [0.5, 0.6) is 5.75 Å². The quantitative estimate of drug-likeness (QED) is 0.608. The van der Waals surface area contributed by atoms with Crippen LogP contribution in [0.3, 0.4) is 0 Å². The molecule has 1 amide bonds. The number of nitrogens with one attached hydrogen (secondary N) is 1. The second-order valence-electron chi connectivity index (χ2n) is 6.02. The molecule has 0 unspecified atom stereocenters. The number of hydrogen-bond acceptors (Lipinski definition) is 5. The maximum absolute atomic E-state index is 13.3. The first-order valence-electron chi connectivity index (χ1n) is 8.41. The average Bonchev–Trinajstić information content (AvgIpc) is 2.65. The summed E-state index contributed by atoms with van der Waals surface area (Å²) in [6.07, 6.45) is -2.18. The van der Waals surface area contributed by atoms with Crippen molar-refractivity contribution >= 4 is 23.4 Å². The maximum Gasteiger partial charge on any atom is 0.433 e. The van der Waals surface area contributed by atoms with Crippen LogP contribution in [-0.2, 0) is 23.8 Å². The first-order valence-corrected chi connectivity index (χ1v) is 9.39. The summed E-state index contributed by atoms with van der Waals surface area (Å²) in [5.41, 5.74) is 0.251. The third kappa shape index (κ3) is 4.71. The lowest BCUT2D eigenvalue weighted by atomic mass is 9.94. The van der Waals surface area contributed by atoms with Gasteiger partial charge in [0.1, 0.15) is 5.75 Å². The predicted molar refractivity (Wildman–Crippen MR) is 96.0 cm³/mol. The Hall–Kier alpha value is -2.29. The first kappa shape index (κ1) is 19.5. The van der Waals surface area contributed by atoms with Crippen molar-refractivity contribution in [1.29, 1.82) is 0 Å².